The van der Waals surface area contributed by atoms with E-state index in [-0.39, 0.29) is 17.2 Å². The van der Waals surface area contributed by atoms with E-state index in [0.29, 0.717) is 18.0 Å². The van der Waals surface area contributed by atoms with Crippen LogP contribution in [0, 0.1) is 5.41 Å². The lowest BCUT2D eigenvalue weighted by Crippen LogP contribution is -2.47. The van der Waals surface area contributed by atoms with Crippen LogP contribution in [0.15, 0.2) is 18.2 Å². The largest absolute Gasteiger partial charge is 0.478 e. The Morgan fingerprint density at radius 2 is 2.24 bits per heavy atom. The molecule has 1 fully saturated rings. The van der Waals surface area contributed by atoms with E-state index in [1.165, 1.54) is 12.1 Å². The minimum atomic E-state index is -1.11. The number of carbonyl (C=O) groups excluding carboxylic acids is 1. The molecule has 0 aromatic heterocycles. The number of benzene rings is 1. The summed E-state index contributed by atoms with van der Waals surface area (Å²) >= 11 is 5.81. The van der Waals surface area contributed by atoms with Crippen molar-refractivity contribution in [3.05, 3.63) is 28.8 Å². The molecule has 1 aromatic carbocycles. The Hall–Kier alpha value is -1.59. The minimum Gasteiger partial charge on any atom is -0.478 e. The molecule has 0 bridgehead atoms. The summed E-state index contributed by atoms with van der Waals surface area (Å²) in [4.78, 5) is 23.9. The standard InChI is InChI=1S/C15H19ClN2O3/c1-2-15(6-3-7-17-9-15)14(21)18-12-5-4-10(16)8-11(12)13(19)20/h4-5,8,17H,2-3,6-7,9H2,1H3,(H,18,21)(H,19,20). The fourth-order valence-corrected chi connectivity index (χ4v) is 2.85. The molecule has 5 nitrogen and oxygen atoms in total. The lowest BCUT2D eigenvalue weighted by molar-refractivity contribution is -0.126. The van der Waals surface area contributed by atoms with Crippen molar-refractivity contribution in [1.29, 1.82) is 0 Å². The first kappa shape index (κ1) is 15.8. The molecular formula is C15H19ClN2O3. The first-order valence-electron chi connectivity index (χ1n) is 7.03. The summed E-state index contributed by atoms with van der Waals surface area (Å²) in [5.41, 5.74) is -0.186. The number of carbonyl (C=O) groups is 2. The van der Waals surface area contributed by atoms with Crippen LogP contribution in [0.5, 0.6) is 0 Å². The number of amides is 1. The fraction of sp³-hybridized carbons (Fsp3) is 0.467. The van der Waals surface area contributed by atoms with Crippen LogP contribution in [0.4, 0.5) is 5.69 Å². The van der Waals surface area contributed by atoms with Gasteiger partial charge < -0.3 is 15.7 Å². The number of nitrogens with one attached hydrogen (secondary N) is 2. The number of piperidine rings is 1. The molecule has 21 heavy (non-hydrogen) atoms. The van der Waals surface area contributed by atoms with Crippen molar-refractivity contribution in [3.8, 4) is 0 Å². The van der Waals surface area contributed by atoms with Gasteiger partial charge in [-0.25, -0.2) is 4.79 Å². The Kier molecular flexibility index (Phi) is 4.85. The third-order valence-corrected chi connectivity index (χ3v) is 4.33. The summed E-state index contributed by atoms with van der Waals surface area (Å²) in [6, 6.07) is 4.45. The van der Waals surface area contributed by atoms with Gasteiger partial charge in [-0.1, -0.05) is 18.5 Å². The molecule has 1 saturated heterocycles. The highest BCUT2D eigenvalue weighted by Crippen LogP contribution is 2.32. The quantitative estimate of drug-likeness (QED) is 0.799. The number of carboxylic acids is 1. The van der Waals surface area contributed by atoms with Gasteiger partial charge in [0.25, 0.3) is 0 Å². The average molecular weight is 311 g/mol. The van der Waals surface area contributed by atoms with Crippen LogP contribution < -0.4 is 10.6 Å². The molecule has 0 spiro atoms. The van der Waals surface area contributed by atoms with E-state index in [2.05, 4.69) is 10.6 Å². The van der Waals surface area contributed by atoms with Crippen LogP contribution in [0.2, 0.25) is 5.02 Å². The predicted octanol–water partition coefficient (Wildman–Crippen LogP) is 2.76. The van der Waals surface area contributed by atoms with E-state index in [1.54, 1.807) is 6.07 Å². The molecule has 6 heteroatoms. The zero-order chi connectivity index (χ0) is 15.5. The molecule has 1 amide bonds. The van der Waals surface area contributed by atoms with Gasteiger partial charge >= 0.3 is 5.97 Å². The smallest absolute Gasteiger partial charge is 0.337 e. The summed E-state index contributed by atoms with van der Waals surface area (Å²) < 4.78 is 0. The number of carboxylic acid groups (broad SMARTS) is 1. The lowest BCUT2D eigenvalue weighted by atomic mass is 9.77. The molecule has 1 unspecified atom stereocenters. The predicted molar refractivity (Wildman–Crippen MR) is 81.9 cm³/mol. The van der Waals surface area contributed by atoms with Crippen molar-refractivity contribution >= 4 is 29.2 Å². The molecular weight excluding hydrogens is 292 g/mol. The van der Waals surface area contributed by atoms with Crippen molar-refractivity contribution in [1.82, 2.24) is 5.32 Å². The second kappa shape index (κ2) is 6.45. The normalized spacial score (nSPS) is 21.8. The number of halogens is 1. The Balaban J connectivity index is 2.24. The molecule has 0 radical (unpaired) electrons. The molecule has 1 aliphatic heterocycles. The summed E-state index contributed by atoms with van der Waals surface area (Å²) in [5, 5.41) is 15.5. The van der Waals surface area contributed by atoms with Crippen molar-refractivity contribution in [2.45, 2.75) is 26.2 Å². The maximum Gasteiger partial charge on any atom is 0.337 e. The number of anilines is 1. The summed E-state index contributed by atoms with van der Waals surface area (Å²) in [6.45, 7) is 3.51. The SMILES string of the molecule is CCC1(C(=O)Nc2ccc(Cl)cc2C(=O)O)CCCNC1. The Morgan fingerprint density at radius 1 is 1.48 bits per heavy atom. The fourth-order valence-electron chi connectivity index (χ4n) is 2.68. The molecule has 1 heterocycles. The Bertz CT molecular complexity index is 554. The van der Waals surface area contributed by atoms with Crippen molar-refractivity contribution < 1.29 is 14.7 Å². The summed E-state index contributed by atoms with van der Waals surface area (Å²) in [5.74, 6) is -1.25. The van der Waals surface area contributed by atoms with E-state index in [1.807, 2.05) is 6.92 Å². The van der Waals surface area contributed by atoms with E-state index in [4.69, 9.17) is 11.6 Å². The van der Waals surface area contributed by atoms with E-state index in [9.17, 15) is 14.7 Å². The van der Waals surface area contributed by atoms with Crippen molar-refractivity contribution in [2.75, 3.05) is 18.4 Å². The monoisotopic (exact) mass is 310 g/mol. The van der Waals surface area contributed by atoms with Gasteiger partial charge in [-0.05, 0) is 44.0 Å². The first-order chi connectivity index (χ1) is 9.98. The zero-order valence-corrected chi connectivity index (χ0v) is 12.7. The van der Waals surface area contributed by atoms with Gasteiger partial charge in [0.2, 0.25) is 5.91 Å². The Morgan fingerprint density at radius 3 is 2.81 bits per heavy atom. The molecule has 3 N–H and O–H groups in total. The highest BCUT2D eigenvalue weighted by molar-refractivity contribution is 6.31. The number of aromatic carboxylic acids is 1. The highest BCUT2D eigenvalue weighted by Gasteiger charge is 2.38. The van der Waals surface area contributed by atoms with E-state index < -0.39 is 11.4 Å². The molecule has 1 atom stereocenters. The molecule has 2 rings (SSSR count). The lowest BCUT2D eigenvalue weighted by Gasteiger charge is -2.35. The highest BCUT2D eigenvalue weighted by atomic mass is 35.5. The van der Waals surface area contributed by atoms with Crippen molar-refractivity contribution in [3.63, 3.8) is 0 Å². The number of rotatable bonds is 4. The molecule has 1 aromatic rings. The zero-order valence-electron chi connectivity index (χ0n) is 11.9. The van der Waals surface area contributed by atoms with Crippen LogP contribution in [-0.4, -0.2) is 30.1 Å². The minimum absolute atomic E-state index is 0.00544. The summed E-state index contributed by atoms with van der Waals surface area (Å²) in [7, 11) is 0. The third-order valence-electron chi connectivity index (χ3n) is 4.09. The van der Waals surface area contributed by atoms with E-state index in [0.717, 1.165) is 19.4 Å². The maximum atomic E-state index is 12.6. The van der Waals surface area contributed by atoms with Gasteiger partial charge in [-0.2, -0.15) is 0 Å². The molecule has 1 aliphatic rings. The van der Waals surface area contributed by atoms with Gasteiger partial charge in [0, 0.05) is 11.6 Å². The first-order valence-corrected chi connectivity index (χ1v) is 7.41. The van der Waals surface area contributed by atoms with Gasteiger partial charge in [0.15, 0.2) is 0 Å². The van der Waals surface area contributed by atoms with Crippen LogP contribution in [0.3, 0.4) is 0 Å². The number of hydrogen-bond donors (Lipinski definition) is 3. The van der Waals surface area contributed by atoms with Crippen LogP contribution >= 0.6 is 11.6 Å². The maximum absolute atomic E-state index is 12.6. The Labute approximate surface area is 128 Å². The average Bonchev–Trinajstić information content (AvgIpc) is 2.49. The van der Waals surface area contributed by atoms with E-state index >= 15 is 0 Å². The van der Waals surface area contributed by atoms with Crippen LogP contribution in [0.1, 0.15) is 36.5 Å². The second-order valence-electron chi connectivity index (χ2n) is 5.36. The molecule has 0 saturated carbocycles. The molecule has 0 aliphatic carbocycles. The van der Waals surface area contributed by atoms with Gasteiger partial charge in [0.1, 0.15) is 0 Å². The van der Waals surface area contributed by atoms with Gasteiger partial charge in [-0.15, -0.1) is 0 Å². The van der Waals surface area contributed by atoms with Crippen LogP contribution in [-0.2, 0) is 4.79 Å². The number of hydrogen-bond acceptors (Lipinski definition) is 3. The molecule has 114 valence electrons. The van der Waals surface area contributed by atoms with Gasteiger partial charge in [0.05, 0.1) is 16.7 Å². The van der Waals surface area contributed by atoms with Crippen molar-refractivity contribution in [2.24, 2.45) is 5.41 Å². The third kappa shape index (κ3) is 3.36. The van der Waals surface area contributed by atoms with Gasteiger partial charge in [-0.3, -0.25) is 4.79 Å². The topological polar surface area (TPSA) is 78.4 Å². The summed E-state index contributed by atoms with van der Waals surface area (Å²) in [6.07, 6.45) is 2.45. The van der Waals surface area contributed by atoms with Crippen LogP contribution in [0.25, 0.3) is 0 Å². The second-order valence-corrected chi connectivity index (χ2v) is 5.80.